The number of fused-ring (bicyclic) bond motifs is 1. The lowest BCUT2D eigenvalue weighted by Crippen LogP contribution is -2.47. The number of carbonyl (C=O) groups excluding carboxylic acids is 1. The molecule has 0 radical (unpaired) electrons. The van der Waals surface area contributed by atoms with Crippen molar-refractivity contribution in [2.24, 2.45) is 30.2 Å². The van der Waals surface area contributed by atoms with Crippen molar-refractivity contribution >= 4 is 16.8 Å². The molecule has 2 aromatic rings. The highest BCUT2D eigenvalue weighted by atomic mass is 16.1. The van der Waals surface area contributed by atoms with E-state index in [0.717, 1.165) is 28.8 Å². The molecule has 4 aliphatic rings. The van der Waals surface area contributed by atoms with Crippen molar-refractivity contribution in [2.75, 3.05) is 0 Å². The largest absolute Gasteiger partial charge is 0.330 e. The number of imidazole rings is 1. The third-order valence-corrected chi connectivity index (χ3v) is 7.25. The summed E-state index contributed by atoms with van der Waals surface area (Å²) in [6, 6.07) is 10.1. The Morgan fingerprint density at radius 3 is 2.42 bits per heavy atom. The summed E-state index contributed by atoms with van der Waals surface area (Å²) in [6.45, 7) is 0. The van der Waals surface area contributed by atoms with Crippen LogP contribution in [0.1, 0.15) is 56.7 Å². The van der Waals surface area contributed by atoms with Crippen molar-refractivity contribution in [3.63, 3.8) is 0 Å². The first-order valence-electron chi connectivity index (χ1n) is 9.90. The Morgan fingerprint density at radius 1 is 1.23 bits per heavy atom. The molecule has 1 atom stereocenters. The highest BCUT2D eigenvalue weighted by molar-refractivity contribution is 5.89. The molecule has 4 fully saturated rings. The molecule has 1 aromatic heterocycles. The number of aryl methyl sites for hydroxylation is 1. The van der Waals surface area contributed by atoms with Crippen LogP contribution in [0, 0.1) is 34.5 Å². The van der Waals surface area contributed by atoms with E-state index in [2.05, 4.69) is 11.1 Å². The lowest BCUT2D eigenvalue weighted by Gasteiger charge is -2.56. The number of nitrogens with zero attached hydrogens (tertiary/aromatic N) is 3. The average molecular weight is 347 g/mol. The van der Waals surface area contributed by atoms with Crippen molar-refractivity contribution in [3.05, 3.63) is 30.1 Å². The van der Waals surface area contributed by atoms with Crippen molar-refractivity contribution < 1.29 is 4.79 Å². The second kappa shape index (κ2) is 5.67. The maximum Gasteiger partial charge on any atom is 0.162 e. The quantitative estimate of drug-likeness (QED) is 0.826. The number of Topliss-reactive ketones (excluding diaryl/α,β-unsaturated/α-hetero) is 1. The minimum atomic E-state index is -0.750. The molecule has 6 rings (SSSR count). The van der Waals surface area contributed by atoms with Gasteiger partial charge in [-0.05, 0) is 73.8 Å². The summed E-state index contributed by atoms with van der Waals surface area (Å²) in [5.41, 5.74) is 2.00. The van der Waals surface area contributed by atoms with Crippen molar-refractivity contribution in [2.45, 2.75) is 50.9 Å². The number of carbonyl (C=O) groups is 1. The van der Waals surface area contributed by atoms with E-state index >= 15 is 0 Å². The first-order chi connectivity index (χ1) is 12.6. The SMILES string of the molecule is Cn1c([C@H](C#N)C(=O)CC23CC4CC(CC(C4)C2)C3)nc2ccccc21. The van der Waals surface area contributed by atoms with Gasteiger partial charge in [0.2, 0.25) is 0 Å². The molecule has 4 heteroatoms. The van der Waals surface area contributed by atoms with Gasteiger partial charge in [-0.15, -0.1) is 0 Å². The Labute approximate surface area is 154 Å². The zero-order valence-corrected chi connectivity index (χ0v) is 15.3. The molecule has 0 saturated heterocycles. The fourth-order valence-electron chi connectivity index (χ4n) is 6.67. The van der Waals surface area contributed by atoms with Gasteiger partial charge in [0.25, 0.3) is 0 Å². The molecule has 4 aliphatic carbocycles. The fraction of sp³-hybridized carbons (Fsp3) is 0.591. The Hall–Kier alpha value is -2.15. The minimum absolute atomic E-state index is 0.0767. The van der Waals surface area contributed by atoms with E-state index in [-0.39, 0.29) is 11.2 Å². The molecule has 1 aromatic carbocycles. The zero-order chi connectivity index (χ0) is 17.9. The van der Waals surface area contributed by atoms with Crippen LogP contribution in [0.5, 0.6) is 0 Å². The number of hydrogen-bond acceptors (Lipinski definition) is 3. The van der Waals surface area contributed by atoms with Gasteiger partial charge in [-0.2, -0.15) is 5.26 Å². The standard InChI is InChI=1S/C22H25N3O/c1-25-19-5-3-2-4-18(19)24-21(25)17(13-23)20(26)12-22-9-14-6-15(10-22)8-16(7-14)11-22/h2-5,14-17H,6-12H2,1H3/t14?,15?,16?,17-,22?/m1/s1. The minimum Gasteiger partial charge on any atom is -0.330 e. The van der Waals surface area contributed by atoms with Crippen LogP contribution in [0.3, 0.4) is 0 Å². The van der Waals surface area contributed by atoms with Crippen LogP contribution >= 0.6 is 0 Å². The molecule has 4 saturated carbocycles. The Kier molecular flexibility index (Phi) is 3.50. The van der Waals surface area contributed by atoms with Gasteiger partial charge in [0.05, 0.1) is 17.1 Å². The molecule has 0 N–H and O–H groups in total. The second-order valence-electron chi connectivity index (χ2n) is 9.14. The Balaban J connectivity index is 1.43. The van der Waals surface area contributed by atoms with E-state index in [1.807, 2.05) is 35.9 Å². The van der Waals surface area contributed by atoms with E-state index in [1.54, 1.807) is 0 Å². The molecule has 0 spiro atoms. The molecule has 26 heavy (non-hydrogen) atoms. The van der Waals surface area contributed by atoms with Gasteiger partial charge in [0.15, 0.2) is 11.7 Å². The molecule has 0 amide bonds. The molecule has 0 aliphatic heterocycles. The predicted octanol–water partition coefficient (Wildman–Crippen LogP) is 4.36. The summed E-state index contributed by atoms with van der Waals surface area (Å²) in [6.07, 6.45) is 8.29. The number of para-hydroxylation sites is 2. The Morgan fingerprint density at radius 2 is 1.85 bits per heavy atom. The highest BCUT2D eigenvalue weighted by Crippen LogP contribution is 2.61. The number of rotatable bonds is 4. The number of hydrogen-bond donors (Lipinski definition) is 0. The lowest BCUT2D eigenvalue weighted by atomic mass is 9.48. The molecule has 4 nitrogen and oxygen atoms in total. The summed E-state index contributed by atoms with van der Waals surface area (Å²) < 4.78 is 1.92. The van der Waals surface area contributed by atoms with Crippen LogP contribution in [0.4, 0.5) is 0 Å². The van der Waals surface area contributed by atoms with Crippen LogP contribution in [-0.4, -0.2) is 15.3 Å². The van der Waals surface area contributed by atoms with Crippen LogP contribution in [0.25, 0.3) is 11.0 Å². The van der Waals surface area contributed by atoms with Gasteiger partial charge in [-0.1, -0.05) is 12.1 Å². The molecular weight excluding hydrogens is 322 g/mol. The number of aromatic nitrogens is 2. The number of benzene rings is 1. The Bertz CT molecular complexity index is 884. The topological polar surface area (TPSA) is 58.7 Å². The van der Waals surface area contributed by atoms with Crippen molar-refractivity contribution in [1.29, 1.82) is 5.26 Å². The van der Waals surface area contributed by atoms with Crippen LogP contribution in [-0.2, 0) is 11.8 Å². The third-order valence-electron chi connectivity index (χ3n) is 7.25. The molecule has 1 heterocycles. The van der Waals surface area contributed by atoms with Crippen LogP contribution in [0.2, 0.25) is 0 Å². The smallest absolute Gasteiger partial charge is 0.162 e. The summed E-state index contributed by atoms with van der Waals surface area (Å²) in [5, 5.41) is 9.79. The third kappa shape index (κ3) is 2.40. The molecule has 0 unspecified atom stereocenters. The van der Waals surface area contributed by atoms with Gasteiger partial charge < -0.3 is 4.57 Å². The summed E-state index contributed by atoms with van der Waals surface area (Å²) in [7, 11) is 1.91. The zero-order valence-electron chi connectivity index (χ0n) is 15.3. The summed E-state index contributed by atoms with van der Waals surface area (Å²) in [5.74, 6) is 2.40. The van der Waals surface area contributed by atoms with E-state index < -0.39 is 5.92 Å². The number of ketones is 1. The molecule has 134 valence electrons. The maximum absolute atomic E-state index is 13.2. The van der Waals surface area contributed by atoms with E-state index in [0.29, 0.717) is 12.2 Å². The second-order valence-corrected chi connectivity index (χ2v) is 9.14. The van der Waals surface area contributed by atoms with Crippen molar-refractivity contribution in [1.82, 2.24) is 9.55 Å². The van der Waals surface area contributed by atoms with Gasteiger partial charge in [-0.25, -0.2) is 4.98 Å². The van der Waals surface area contributed by atoms with Crippen molar-refractivity contribution in [3.8, 4) is 6.07 Å². The lowest BCUT2D eigenvalue weighted by molar-refractivity contribution is -0.127. The van der Waals surface area contributed by atoms with Gasteiger partial charge >= 0.3 is 0 Å². The first-order valence-corrected chi connectivity index (χ1v) is 9.90. The fourth-order valence-corrected chi connectivity index (χ4v) is 6.67. The molecular formula is C22H25N3O. The predicted molar refractivity (Wildman–Crippen MR) is 99.3 cm³/mol. The van der Waals surface area contributed by atoms with E-state index in [1.165, 1.54) is 38.5 Å². The molecule has 4 bridgehead atoms. The van der Waals surface area contributed by atoms with Gasteiger partial charge in [0.1, 0.15) is 5.82 Å². The van der Waals surface area contributed by atoms with Crippen LogP contribution < -0.4 is 0 Å². The summed E-state index contributed by atoms with van der Waals surface area (Å²) in [4.78, 5) is 17.8. The summed E-state index contributed by atoms with van der Waals surface area (Å²) >= 11 is 0. The highest BCUT2D eigenvalue weighted by Gasteiger charge is 2.52. The van der Waals surface area contributed by atoms with Gasteiger partial charge in [0, 0.05) is 13.5 Å². The maximum atomic E-state index is 13.2. The van der Waals surface area contributed by atoms with E-state index in [4.69, 9.17) is 0 Å². The average Bonchev–Trinajstić information content (AvgIpc) is 2.91. The van der Waals surface area contributed by atoms with Crippen LogP contribution in [0.15, 0.2) is 24.3 Å². The normalized spacial score (nSPS) is 33.3. The first kappa shape index (κ1) is 16.1. The monoisotopic (exact) mass is 347 g/mol. The van der Waals surface area contributed by atoms with E-state index in [9.17, 15) is 10.1 Å². The number of nitriles is 1. The van der Waals surface area contributed by atoms with Gasteiger partial charge in [-0.3, -0.25) is 4.79 Å².